The number of aromatic amines is 1. The standard InChI is InChI=1S/C21H24Cl2N4O3S/c1-10-13(22)14(23)16(24-10)18(28)26-21-7-12(21)8-27(9-21)20-25-15(17(31-20)19(29)30)11-5-3-2-4-6-11/h11-12,24H,2-9H2,1H3,(H,26,28)(H,29,30)/t12-,21-/m0/s1. The molecule has 3 fully saturated rings. The van der Waals surface area contributed by atoms with Gasteiger partial charge in [0, 0.05) is 30.6 Å². The van der Waals surface area contributed by atoms with Crippen molar-refractivity contribution < 1.29 is 14.7 Å². The molecule has 3 aliphatic rings. The minimum atomic E-state index is -0.898. The van der Waals surface area contributed by atoms with Crippen molar-refractivity contribution in [2.24, 2.45) is 5.92 Å². The maximum Gasteiger partial charge on any atom is 0.347 e. The molecule has 1 saturated heterocycles. The zero-order valence-electron chi connectivity index (χ0n) is 17.1. The van der Waals surface area contributed by atoms with Crippen molar-refractivity contribution in [3.63, 3.8) is 0 Å². The van der Waals surface area contributed by atoms with E-state index in [1.807, 2.05) is 0 Å². The molecule has 2 saturated carbocycles. The van der Waals surface area contributed by atoms with Crippen LogP contribution in [-0.2, 0) is 0 Å². The van der Waals surface area contributed by atoms with Crippen molar-refractivity contribution in [2.75, 3.05) is 18.0 Å². The van der Waals surface area contributed by atoms with Crippen LogP contribution in [0.1, 0.15) is 76.0 Å². The lowest BCUT2D eigenvalue weighted by molar-refractivity contribution is 0.0699. The number of piperidine rings is 1. The van der Waals surface area contributed by atoms with Crippen molar-refractivity contribution in [1.82, 2.24) is 15.3 Å². The number of aromatic carboxylic acids is 1. The Labute approximate surface area is 194 Å². The highest BCUT2D eigenvalue weighted by atomic mass is 35.5. The summed E-state index contributed by atoms with van der Waals surface area (Å²) in [5.74, 6) is -0.612. The van der Waals surface area contributed by atoms with E-state index < -0.39 is 5.97 Å². The molecule has 0 unspecified atom stereocenters. The number of rotatable bonds is 5. The van der Waals surface area contributed by atoms with Crippen LogP contribution in [0.4, 0.5) is 5.13 Å². The van der Waals surface area contributed by atoms with Crippen LogP contribution in [0.2, 0.25) is 10.0 Å². The number of carbonyl (C=O) groups is 2. The van der Waals surface area contributed by atoms with E-state index in [-0.39, 0.29) is 28.1 Å². The molecule has 10 heteroatoms. The summed E-state index contributed by atoms with van der Waals surface area (Å²) in [4.78, 5) is 34.9. The summed E-state index contributed by atoms with van der Waals surface area (Å²) in [5, 5.41) is 14.2. The summed E-state index contributed by atoms with van der Waals surface area (Å²) < 4.78 is 0. The van der Waals surface area contributed by atoms with Gasteiger partial charge < -0.3 is 20.3 Å². The summed E-state index contributed by atoms with van der Waals surface area (Å²) in [6.45, 7) is 3.15. The number of fused-ring (bicyclic) bond motifs is 1. The Kier molecular flexibility index (Phi) is 5.22. The number of hydrogen-bond donors (Lipinski definition) is 3. The molecule has 7 nitrogen and oxygen atoms in total. The highest BCUT2D eigenvalue weighted by Crippen LogP contribution is 2.52. The molecule has 31 heavy (non-hydrogen) atoms. The highest BCUT2D eigenvalue weighted by Gasteiger charge is 2.61. The number of nitrogens with zero attached hydrogens (tertiary/aromatic N) is 2. The molecule has 1 aliphatic heterocycles. The Morgan fingerprint density at radius 3 is 2.65 bits per heavy atom. The topological polar surface area (TPSA) is 98.3 Å². The van der Waals surface area contributed by atoms with E-state index in [0.29, 0.717) is 28.1 Å². The Morgan fingerprint density at radius 1 is 1.26 bits per heavy atom. The fourth-order valence-electron chi connectivity index (χ4n) is 5.10. The summed E-state index contributed by atoms with van der Waals surface area (Å²) in [6, 6.07) is 0. The van der Waals surface area contributed by atoms with Crippen molar-refractivity contribution in [3.05, 3.63) is 32.0 Å². The van der Waals surface area contributed by atoms with Crippen molar-refractivity contribution in [1.29, 1.82) is 0 Å². The van der Waals surface area contributed by atoms with Crippen LogP contribution >= 0.6 is 34.5 Å². The van der Waals surface area contributed by atoms with Crippen LogP contribution in [-0.4, -0.2) is 45.6 Å². The Hall–Kier alpha value is -1.77. The largest absolute Gasteiger partial charge is 0.477 e. The van der Waals surface area contributed by atoms with Gasteiger partial charge in [0.1, 0.15) is 10.6 Å². The van der Waals surface area contributed by atoms with Gasteiger partial charge in [-0.3, -0.25) is 4.79 Å². The molecule has 0 radical (unpaired) electrons. The molecule has 3 N–H and O–H groups in total. The number of hydrogen-bond acceptors (Lipinski definition) is 5. The molecule has 2 atom stereocenters. The number of amides is 1. The molecule has 2 aliphatic carbocycles. The lowest BCUT2D eigenvalue weighted by Crippen LogP contribution is -2.42. The second-order valence-corrected chi connectivity index (χ2v) is 10.7. The second-order valence-electron chi connectivity index (χ2n) is 9.00. The molecule has 3 heterocycles. The first-order valence-electron chi connectivity index (χ1n) is 10.6. The molecule has 0 spiro atoms. The third kappa shape index (κ3) is 3.62. The lowest BCUT2D eigenvalue weighted by atomic mass is 9.86. The van der Waals surface area contributed by atoms with Gasteiger partial charge in [0.2, 0.25) is 0 Å². The zero-order valence-corrected chi connectivity index (χ0v) is 19.5. The molecule has 0 aromatic carbocycles. The van der Waals surface area contributed by atoms with Crippen molar-refractivity contribution in [2.45, 2.75) is 56.9 Å². The maximum absolute atomic E-state index is 12.8. The van der Waals surface area contributed by atoms with E-state index in [9.17, 15) is 14.7 Å². The van der Waals surface area contributed by atoms with Crippen molar-refractivity contribution >= 4 is 51.5 Å². The molecule has 0 bridgehead atoms. The van der Waals surface area contributed by atoms with Gasteiger partial charge >= 0.3 is 5.97 Å². The lowest BCUT2D eigenvalue weighted by Gasteiger charge is -2.22. The third-order valence-corrected chi connectivity index (χ3v) is 8.96. The Morgan fingerprint density at radius 2 is 2.00 bits per heavy atom. The number of thiazole rings is 1. The summed E-state index contributed by atoms with van der Waals surface area (Å²) in [6.07, 6.45) is 6.37. The quantitative estimate of drug-likeness (QED) is 0.565. The van der Waals surface area contributed by atoms with Crippen LogP contribution in [0.25, 0.3) is 0 Å². The van der Waals surface area contributed by atoms with Gasteiger partial charge in [-0.15, -0.1) is 0 Å². The molecular weight excluding hydrogens is 459 g/mol. The summed E-state index contributed by atoms with van der Waals surface area (Å²) in [7, 11) is 0. The molecule has 2 aromatic rings. The first-order valence-corrected chi connectivity index (χ1v) is 12.2. The summed E-state index contributed by atoms with van der Waals surface area (Å²) in [5.41, 5.74) is 1.36. The fraction of sp³-hybridized carbons (Fsp3) is 0.571. The maximum atomic E-state index is 12.8. The third-order valence-electron chi connectivity index (χ3n) is 6.89. The SMILES string of the molecule is Cc1[nH]c(C(=O)N[C@]23C[C@H]2CN(c2nc(C4CCCCC4)c(C(=O)O)s2)C3)c(Cl)c1Cl. The minimum Gasteiger partial charge on any atom is -0.477 e. The van der Waals surface area contributed by atoms with Gasteiger partial charge in [-0.2, -0.15) is 0 Å². The van der Waals surface area contributed by atoms with E-state index in [0.717, 1.165) is 49.5 Å². The van der Waals surface area contributed by atoms with Crippen molar-refractivity contribution in [3.8, 4) is 0 Å². The number of anilines is 1. The fourth-order valence-corrected chi connectivity index (χ4v) is 6.52. The van der Waals surface area contributed by atoms with Gasteiger partial charge in [0.25, 0.3) is 5.91 Å². The average molecular weight is 483 g/mol. The van der Waals surface area contributed by atoms with Crippen LogP contribution in [0, 0.1) is 12.8 Å². The van der Waals surface area contributed by atoms with Gasteiger partial charge in [-0.1, -0.05) is 53.8 Å². The molecule has 2 aromatic heterocycles. The Balaban J connectivity index is 1.33. The number of carbonyl (C=O) groups excluding carboxylic acids is 1. The van der Waals surface area contributed by atoms with Gasteiger partial charge in [-0.05, 0) is 26.2 Å². The van der Waals surface area contributed by atoms with Crippen LogP contribution in [0.5, 0.6) is 0 Å². The monoisotopic (exact) mass is 482 g/mol. The number of nitrogens with one attached hydrogen (secondary N) is 2. The van der Waals surface area contributed by atoms with E-state index >= 15 is 0 Å². The van der Waals surface area contributed by atoms with Gasteiger partial charge in [0.05, 0.1) is 21.3 Å². The molecular formula is C21H24Cl2N4O3S. The van der Waals surface area contributed by atoms with Gasteiger partial charge in [0.15, 0.2) is 5.13 Å². The normalized spacial score (nSPS) is 25.5. The highest BCUT2D eigenvalue weighted by molar-refractivity contribution is 7.17. The average Bonchev–Trinajstić information content (AvgIpc) is 3.07. The smallest absolute Gasteiger partial charge is 0.347 e. The van der Waals surface area contributed by atoms with Crippen LogP contribution in [0.15, 0.2) is 0 Å². The number of halogens is 2. The predicted octanol–water partition coefficient (Wildman–Crippen LogP) is 4.84. The number of H-pyrrole nitrogens is 1. The number of carboxylic acids is 1. The second kappa shape index (κ2) is 7.67. The van der Waals surface area contributed by atoms with E-state index in [4.69, 9.17) is 28.2 Å². The first-order chi connectivity index (χ1) is 14.8. The van der Waals surface area contributed by atoms with Crippen LogP contribution < -0.4 is 10.2 Å². The van der Waals surface area contributed by atoms with E-state index in [1.165, 1.54) is 17.8 Å². The predicted molar refractivity (Wildman–Crippen MR) is 121 cm³/mol. The number of aryl methyl sites for hydroxylation is 1. The minimum absolute atomic E-state index is 0.235. The Bertz CT molecular complexity index is 1060. The zero-order chi connectivity index (χ0) is 21.9. The van der Waals surface area contributed by atoms with E-state index in [1.54, 1.807) is 6.92 Å². The van der Waals surface area contributed by atoms with E-state index in [2.05, 4.69) is 15.2 Å². The number of aromatic nitrogens is 2. The van der Waals surface area contributed by atoms with Crippen LogP contribution in [0.3, 0.4) is 0 Å². The summed E-state index contributed by atoms with van der Waals surface area (Å²) >= 11 is 13.6. The molecule has 1 amide bonds. The number of carboxylic acid groups (broad SMARTS) is 1. The molecule has 166 valence electrons. The molecule has 5 rings (SSSR count). The first kappa shape index (κ1) is 21.1. The van der Waals surface area contributed by atoms with Gasteiger partial charge in [-0.25, -0.2) is 9.78 Å².